The van der Waals surface area contributed by atoms with Crippen LogP contribution in [0.2, 0.25) is 0 Å². The van der Waals surface area contributed by atoms with Crippen LogP contribution in [0, 0.1) is 0 Å². The molecule has 27 heavy (non-hydrogen) atoms. The monoisotopic (exact) mass is 399 g/mol. The Bertz CT molecular complexity index is 890. The first-order valence-electron chi connectivity index (χ1n) is 7.88. The van der Waals surface area contributed by atoms with E-state index >= 15 is 0 Å². The second kappa shape index (κ2) is 7.02. The Morgan fingerprint density at radius 1 is 1.22 bits per heavy atom. The number of fused-ring (bicyclic) bond motifs is 2. The molecule has 2 aliphatic rings. The zero-order valence-corrected chi connectivity index (χ0v) is 14.7. The molecule has 2 fully saturated rings. The van der Waals surface area contributed by atoms with Crippen LogP contribution in [0.1, 0.15) is 12.8 Å². The molecule has 146 valence electrons. The molecular weight excluding hydrogens is 382 g/mol. The Morgan fingerprint density at radius 2 is 1.89 bits per heavy atom. The molecule has 5 amide bonds. The molecule has 0 aromatic heterocycles. The maximum absolute atomic E-state index is 12.6. The summed E-state index contributed by atoms with van der Waals surface area (Å²) in [5.74, 6) is -0.480. The zero-order chi connectivity index (χ0) is 19.8. The molecule has 1 unspecified atom stereocenters. The fourth-order valence-corrected chi connectivity index (χ4v) is 3.54. The molecule has 13 heteroatoms. The van der Waals surface area contributed by atoms with Gasteiger partial charge in [0.15, 0.2) is 0 Å². The summed E-state index contributed by atoms with van der Waals surface area (Å²) >= 11 is 0. The van der Waals surface area contributed by atoms with Gasteiger partial charge in [0, 0.05) is 17.9 Å². The van der Waals surface area contributed by atoms with Gasteiger partial charge in [-0.15, -0.1) is 4.28 Å². The third kappa shape index (κ3) is 4.27. The summed E-state index contributed by atoms with van der Waals surface area (Å²) in [5.41, 5.74) is 5.81. The van der Waals surface area contributed by atoms with Crippen molar-refractivity contribution in [3.63, 3.8) is 0 Å². The Balaban J connectivity index is 1.70. The highest BCUT2D eigenvalue weighted by atomic mass is 32.3. The summed E-state index contributed by atoms with van der Waals surface area (Å²) in [5, 5.41) is 5.59. The number of nitrogens with one attached hydrogen (secondary N) is 2. The van der Waals surface area contributed by atoms with Crippen molar-refractivity contribution in [1.82, 2.24) is 9.96 Å². The molecule has 2 bridgehead atoms. The lowest BCUT2D eigenvalue weighted by molar-refractivity contribution is -0.120. The summed E-state index contributed by atoms with van der Waals surface area (Å²) in [7, 11) is -4.85. The minimum atomic E-state index is -4.85. The van der Waals surface area contributed by atoms with E-state index in [1.165, 1.54) is 11.0 Å². The first-order chi connectivity index (χ1) is 12.6. The van der Waals surface area contributed by atoms with Crippen molar-refractivity contribution in [2.75, 3.05) is 17.2 Å². The number of amides is 5. The average molecular weight is 399 g/mol. The van der Waals surface area contributed by atoms with Gasteiger partial charge in [-0.1, -0.05) is 6.07 Å². The average Bonchev–Trinajstić information content (AvgIpc) is 2.78. The molecule has 2 aliphatic heterocycles. The molecule has 2 saturated heterocycles. The number of benzene rings is 1. The maximum Gasteiger partial charge on any atom is 0.418 e. The Hall–Kier alpha value is -2.90. The van der Waals surface area contributed by atoms with Crippen LogP contribution in [-0.2, 0) is 19.5 Å². The van der Waals surface area contributed by atoms with Crippen LogP contribution in [0.5, 0.6) is 0 Å². The Labute approximate surface area is 154 Å². The number of primary amides is 1. The number of piperidine rings is 1. The topological polar surface area (TPSA) is 171 Å². The molecule has 12 nitrogen and oxygen atoms in total. The number of rotatable bonds is 5. The number of carbonyl (C=O) groups excluding carboxylic acids is 3. The minimum absolute atomic E-state index is 0.0930. The molecule has 3 rings (SSSR count). The molecule has 0 radical (unpaired) electrons. The molecule has 5 N–H and O–H groups in total. The van der Waals surface area contributed by atoms with Gasteiger partial charge in [0.05, 0.1) is 6.04 Å². The van der Waals surface area contributed by atoms with Crippen LogP contribution < -0.4 is 16.4 Å². The van der Waals surface area contributed by atoms with Gasteiger partial charge in [-0.3, -0.25) is 9.35 Å². The SMILES string of the molecule is NC(=O)Nc1cccc(NC(=O)C2CC[C@@H]3CN2C(=O)N3OS(=O)(=O)O)c1. The third-order valence-electron chi connectivity index (χ3n) is 4.20. The van der Waals surface area contributed by atoms with E-state index in [0.29, 0.717) is 22.9 Å². The summed E-state index contributed by atoms with van der Waals surface area (Å²) in [6, 6.07) is 3.28. The van der Waals surface area contributed by atoms with E-state index in [0.717, 1.165) is 0 Å². The van der Waals surface area contributed by atoms with E-state index in [-0.39, 0.29) is 13.0 Å². The van der Waals surface area contributed by atoms with Crippen molar-refractivity contribution in [2.24, 2.45) is 5.73 Å². The van der Waals surface area contributed by atoms with Crippen molar-refractivity contribution in [1.29, 1.82) is 0 Å². The van der Waals surface area contributed by atoms with Crippen LogP contribution in [0.15, 0.2) is 24.3 Å². The van der Waals surface area contributed by atoms with Crippen molar-refractivity contribution >= 4 is 39.7 Å². The van der Waals surface area contributed by atoms with E-state index in [1.807, 2.05) is 0 Å². The highest BCUT2D eigenvalue weighted by molar-refractivity contribution is 7.80. The van der Waals surface area contributed by atoms with E-state index in [2.05, 4.69) is 14.9 Å². The van der Waals surface area contributed by atoms with Gasteiger partial charge >= 0.3 is 22.5 Å². The first kappa shape index (κ1) is 18.9. The highest BCUT2D eigenvalue weighted by Crippen LogP contribution is 2.31. The molecule has 1 aromatic carbocycles. The number of nitrogens with zero attached hydrogens (tertiary/aromatic N) is 2. The minimum Gasteiger partial charge on any atom is -0.351 e. The molecule has 1 aromatic rings. The van der Waals surface area contributed by atoms with E-state index in [9.17, 15) is 22.8 Å². The molecule has 2 heterocycles. The Kier molecular flexibility index (Phi) is 4.91. The summed E-state index contributed by atoms with van der Waals surface area (Å²) in [4.78, 5) is 37.0. The highest BCUT2D eigenvalue weighted by Gasteiger charge is 2.49. The Morgan fingerprint density at radius 3 is 2.52 bits per heavy atom. The van der Waals surface area contributed by atoms with Crippen LogP contribution >= 0.6 is 0 Å². The van der Waals surface area contributed by atoms with Crippen molar-refractivity contribution in [3.05, 3.63) is 24.3 Å². The van der Waals surface area contributed by atoms with E-state index < -0.39 is 40.5 Å². The molecule has 0 saturated carbocycles. The van der Waals surface area contributed by atoms with Crippen molar-refractivity contribution in [2.45, 2.75) is 24.9 Å². The number of carbonyl (C=O) groups is 3. The van der Waals surface area contributed by atoms with Gasteiger partial charge in [-0.05, 0) is 31.0 Å². The van der Waals surface area contributed by atoms with Crippen LogP contribution in [0.25, 0.3) is 0 Å². The number of nitrogens with two attached hydrogens (primary N) is 1. The van der Waals surface area contributed by atoms with Gasteiger partial charge in [-0.2, -0.15) is 13.5 Å². The van der Waals surface area contributed by atoms with E-state index in [4.69, 9.17) is 10.3 Å². The number of hydrogen-bond acceptors (Lipinski definition) is 6. The van der Waals surface area contributed by atoms with Crippen LogP contribution in [0.3, 0.4) is 0 Å². The fourth-order valence-electron chi connectivity index (χ4n) is 3.15. The molecular formula is C14H17N5O7S. The molecule has 0 aliphatic carbocycles. The smallest absolute Gasteiger partial charge is 0.351 e. The zero-order valence-electron chi connectivity index (χ0n) is 13.9. The van der Waals surface area contributed by atoms with Crippen molar-refractivity contribution < 1.29 is 31.6 Å². The fraction of sp³-hybridized carbons (Fsp3) is 0.357. The second-order valence-electron chi connectivity index (χ2n) is 6.07. The number of anilines is 2. The lowest BCUT2D eigenvalue weighted by Gasteiger charge is -2.29. The largest absolute Gasteiger partial charge is 0.418 e. The van der Waals surface area contributed by atoms with Gasteiger partial charge in [0.2, 0.25) is 5.91 Å². The van der Waals surface area contributed by atoms with E-state index in [1.54, 1.807) is 18.2 Å². The second-order valence-corrected chi connectivity index (χ2v) is 7.07. The normalized spacial score (nSPS) is 21.9. The van der Waals surface area contributed by atoms with Crippen LogP contribution in [-0.4, -0.2) is 59.5 Å². The van der Waals surface area contributed by atoms with Crippen molar-refractivity contribution in [3.8, 4) is 0 Å². The molecule has 2 atom stereocenters. The summed E-state index contributed by atoms with van der Waals surface area (Å²) in [6.07, 6.45) is 0.603. The van der Waals surface area contributed by atoms with Crippen LogP contribution in [0.4, 0.5) is 21.0 Å². The quantitative estimate of drug-likeness (QED) is 0.509. The number of hydroxylamine groups is 2. The number of hydrogen-bond donors (Lipinski definition) is 4. The first-order valence-corrected chi connectivity index (χ1v) is 9.25. The van der Waals surface area contributed by atoms with Gasteiger partial charge in [0.1, 0.15) is 6.04 Å². The summed E-state index contributed by atoms with van der Waals surface area (Å²) in [6.45, 7) is 0.0930. The predicted molar refractivity (Wildman–Crippen MR) is 91.7 cm³/mol. The number of urea groups is 2. The summed E-state index contributed by atoms with van der Waals surface area (Å²) < 4.78 is 34.9. The standard InChI is InChI=1S/C14H17N5O7S/c15-13(21)17-9-3-1-2-8(6-9)16-12(20)11-5-4-10-7-18(11)14(22)19(10)26-27(23,24)25/h1-3,6,10-11H,4-5,7H2,(H,16,20)(H3,15,17,21)(H,23,24,25)/t10-,11?/m1/s1. The van der Waals surface area contributed by atoms with Gasteiger partial charge < -0.3 is 21.3 Å². The molecule has 0 spiro atoms. The van der Waals surface area contributed by atoms with Gasteiger partial charge in [-0.25, -0.2) is 9.59 Å². The maximum atomic E-state index is 12.6. The third-order valence-corrected chi connectivity index (χ3v) is 4.55. The predicted octanol–water partition coefficient (Wildman–Crippen LogP) is 0.119. The van der Waals surface area contributed by atoms with Gasteiger partial charge in [0.25, 0.3) is 0 Å². The lowest BCUT2D eigenvalue weighted by Crippen LogP contribution is -2.47. The lowest BCUT2D eigenvalue weighted by atomic mass is 10.0.